The second-order valence-electron chi connectivity index (χ2n) is 6.81. The first kappa shape index (κ1) is 14.9. The molecule has 2 unspecified atom stereocenters. The van der Waals surface area contributed by atoms with Gasteiger partial charge >= 0.3 is 0 Å². The van der Waals surface area contributed by atoms with Gasteiger partial charge in [0, 0.05) is 30.6 Å². The average Bonchev–Trinajstić information content (AvgIpc) is 2.91. The molecule has 0 amide bonds. The number of hydrogen-bond acceptors (Lipinski definition) is 3. The number of nitrogens with zero attached hydrogens (tertiary/aromatic N) is 1. The SMILES string of the molecule is CC(C)N(CC1CCCNC1)CC1COc2ccccc21. The van der Waals surface area contributed by atoms with Crippen LogP contribution in [0.2, 0.25) is 0 Å². The molecule has 1 fully saturated rings. The van der Waals surface area contributed by atoms with Crippen molar-refractivity contribution in [2.45, 2.75) is 38.6 Å². The van der Waals surface area contributed by atoms with Crippen molar-refractivity contribution in [2.24, 2.45) is 5.92 Å². The largest absolute Gasteiger partial charge is 0.493 e. The van der Waals surface area contributed by atoms with Crippen LogP contribution in [-0.2, 0) is 0 Å². The minimum Gasteiger partial charge on any atom is -0.493 e. The predicted molar refractivity (Wildman–Crippen MR) is 87.0 cm³/mol. The third kappa shape index (κ3) is 3.58. The Hall–Kier alpha value is -1.06. The summed E-state index contributed by atoms with van der Waals surface area (Å²) >= 11 is 0. The molecular formula is C18H28N2O. The molecular weight excluding hydrogens is 260 g/mol. The van der Waals surface area contributed by atoms with E-state index in [1.54, 1.807) is 0 Å². The van der Waals surface area contributed by atoms with Crippen LogP contribution in [0, 0.1) is 5.92 Å². The van der Waals surface area contributed by atoms with E-state index in [0.717, 1.165) is 24.8 Å². The molecule has 0 aliphatic carbocycles. The fourth-order valence-corrected chi connectivity index (χ4v) is 3.57. The van der Waals surface area contributed by atoms with Gasteiger partial charge in [0.05, 0.1) is 6.61 Å². The lowest BCUT2D eigenvalue weighted by Gasteiger charge is -2.34. The van der Waals surface area contributed by atoms with E-state index >= 15 is 0 Å². The Kier molecular flexibility index (Phi) is 4.81. The van der Waals surface area contributed by atoms with Crippen LogP contribution in [-0.4, -0.2) is 43.7 Å². The Balaban J connectivity index is 1.63. The summed E-state index contributed by atoms with van der Waals surface area (Å²) in [6.45, 7) is 10.2. The van der Waals surface area contributed by atoms with Crippen LogP contribution in [0.15, 0.2) is 24.3 Å². The highest BCUT2D eigenvalue weighted by Gasteiger charge is 2.28. The highest BCUT2D eigenvalue weighted by Crippen LogP contribution is 2.34. The summed E-state index contributed by atoms with van der Waals surface area (Å²) < 4.78 is 5.84. The summed E-state index contributed by atoms with van der Waals surface area (Å²) in [6.07, 6.45) is 2.69. The molecule has 0 radical (unpaired) electrons. The van der Waals surface area contributed by atoms with E-state index in [2.05, 4.69) is 48.3 Å². The molecule has 3 heteroatoms. The van der Waals surface area contributed by atoms with Gasteiger partial charge in [-0.05, 0) is 51.8 Å². The molecule has 0 aromatic heterocycles. The molecule has 1 N–H and O–H groups in total. The zero-order valence-corrected chi connectivity index (χ0v) is 13.3. The summed E-state index contributed by atoms with van der Waals surface area (Å²) in [4.78, 5) is 2.65. The first-order chi connectivity index (χ1) is 10.2. The van der Waals surface area contributed by atoms with Crippen molar-refractivity contribution in [3.8, 4) is 5.75 Å². The fourth-order valence-electron chi connectivity index (χ4n) is 3.57. The predicted octanol–water partition coefficient (Wildman–Crippen LogP) is 2.87. The standard InChI is InChI=1S/C18H28N2O/c1-14(2)20(11-15-6-5-9-19-10-15)12-16-13-21-18-8-4-3-7-17(16)18/h3-4,7-8,14-16,19H,5-6,9-13H2,1-2H3. The van der Waals surface area contributed by atoms with E-state index in [4.69, 9.17) is 4.74 Å². The van der Waals surface area contributed by atoms with Crippen LogP contribution in [0.3, 0.4) is 0 Å². The van der Waals surface area contributed by atoms with Crippen LogP contribution in [0.25, 0.3) is 0 Å². The molecule has 0 bridgehead atoms. The first-order valence-electron chi connectivity index (χ1n) is 8.40. The summed E-state index contributed by atoms with van der Waals surface area (Å²) in [7, 11) is 0. The summed E-state index contributed by atoms with van der Waals surface area (Å²) in [5.74, 6) is 2.42. The Morgan fingerprint density at radius 3 is 2.90 bits per heavy atom. The van der Waals surface area contributed by atoms with Crippen LogP contribution >= 0.6 is 0 Å². The van der Waals surface area contributed by atoms with Gasteiger partial charge in [-0.1, -0.05) is 18.2 Å². The molecule has 1 aromatic rings. The number of fused-ring (bicyclic) bond motifs is 1. The van der Waals surface area contributed by atoms with Crippen molar-refractivity contribution in [1.29, 1.82) is 0 Å². The number of nitrogens with one attached hydrogen (secondary N) is 1. The molecule has 116 valence electrons. The minimum atomic E-state index is 0.528. The van der Waals surface area contributed by atoms with Crippen molar-refractivity contribution < 1.29 is 4.74 Å². The van der Waals surface area contributed by atoms with E-state index in [-0.39, 0.29) is 0 Å². The number of rotatable bonds is 5. The van der Waals surface area contributed by atoms with Gasteiger partial charge in [0.2, 0.25) is 0 Å². The second-order valence-corrected chi connectivity index (χ2v) is 6.81. The normalized spacial score (nSPS) is 25.1. The van der Waals surface area contributed by atoms with Crippen molar-refractivity contribution in [3.63, 3.8) is 0 Å². The lowest BCUT2D eigenvalue weighted by atomic mass is 9.96. The minimum absolute atomic E-state index is 0.528. The van der Waals surface area contributed by atoms with E-state index in [1.165, 1.54) is 38.0 Å². The van der Waals surface area contributed by atoms with Crippen LogP contribution in [0.1, 0.15) is 38.2 Å². The number of hydrogen-bond donors (Lipinski definition) is 1. The first-order valence-corrected chi connectivity index (χ1v) is 8.40. The van der Waals surface area contributed by atoms with Gasteiger partial charge in [0.15, 0.2) is 0 Å². The molecule has 3 rings (SSSR count). The second kappa shape index (κ2) is 6.80. The molecule has 0 spiro atoms. The number of para-hydroxylation sites is 1. The molecule has 2 aliphatic heterocycles. The average molecular weight is 288 g/mol. The summed E-state index contributed by atoms with van der Waals surface area (Å²) in [6, 6.07) is 9.12. The molecule has 0 saturated carbocycles. The maximum atomic E-state index is 5.84. The van der Waals surface area contributed by atoms with Gasteiger partial charge in [-0.3, -0.25) is 4.90 Å². The maximum absolute atomic E-state index is 5.84. The lowest BCUT2D eigenvalue weighted by molar-refractivity contribution is 0.155. The Morgan fingerprint density at radius 1 is 1.29 bits per heavy atom. The molecule has 2 aliphatic rings. The third-order valence-corrected chi connectivity index (χ3v) is 4.88. The van der Waals surface area contributed by atoms with Gasteiger partial charge in [0.25, 0.3) is 0 Å². The Bertz CT molecular complexity index is 454. The quantitative estimate of drug-likeness (QED) is 0.901. The molecule has 2 atom stereocenters. The molecule has 3 nitrogen and oxygen atoms in total. The Morgan fingerprint density at radius 2 is 2.14 bits per heavy atom. The number of piperidine rings is 1. The zero-order valence-electron chi connectivity index (χ0n) is 13.3. The molecule has 1 aromatic carbocycles. The van der Waals surface area contributed by atoms with Gasteiger partial charge < -0.3 is 10.1 Å². The van der Waals surface area contributed by atoms with Crippen molar-refractivity contribution in [3.05, 3.63) is 29.8 Å². The molecule has 1 saturated heterocycles. The topological polar surface area (TPSA) is 24.5 Å². The lowest BCUT2D eigenvalue weighted by Crippen LogP contribution is -2.43. The fraction of sp³-hybridized carbons (Fsp3) is 0.667. The number of benzene rings is 1. The van der Waals surface area contributed by atoms with E-state index < -0.39 is 0 Å². The van der Waals surface area contributed by atoms with E-state index in [9.17, 15) is 0 Å². The van der Waals surface area contributed by atoms with Crippen molar-refractivity contribution >= 4 is 0 Å². The van der Waals surface area contributed by atoms with Crippen molar-refractivity contribution in [1.82, 2.24) is 10.2 Å². The van der Waals surface area contributed by atoms with Crippen LogP contribution in [0.5, 0.6) is 5.75 Å². The zero-order chi connectivity index (χ0) is 14.7. The smallest absolute Gasteiger partial charge is 0.122 e. The van der Waals surface area contributed by atoms with Gasteiger partial charge in [-0.25, -0.2) is 0 Å². The van der Waals surface area contributed by atoms with Crippen molar-refractivity contribution in [2.75, 3.05) is 32.8 Å². The Labute approximate surface area is 128 Å². The van der Waals surface area contributed by atoms with Gasteiger partial charge in [-0.15, -0.1) is 0 Å². The summed E-state index contributed by atoms with van der Waals surface area (Å²) in [5, 5.41) is 3.54. The monoisotopic (exact) mass is 288 g/mol. The highest BCUT2D eigenvalue weighted by molar-refractivity contribution is 5.39. The highest BCUT2D eigenvalue weighted by atomic mass is 16.5. The van der Waals surface area contributed by atoms with E-state index in [0.29, 0.717) is 12.0 Å². The van der Waals surface area contributed by atoms with E-state index in [1.807, 2.05) is 0 Å². The van der Waals surface area contributed by atoms with Gasteiger partial charge in [-0.2, -0.15) is 0 Å². The molecule has 21 heavy (non-hydrogen) atoms. The third-order valence-electron chi connectivity index (χ3n) is 4.88. The number of ether oxygens (including phenoxy) is 1. The summed E-state index contributed by atoms with van der Waals surface area (Å²) in [5.41, 5.74) is 1.39. The van der Waals surface area contributed by atoms with Crippen LogP contribution in [0.4, 0.5) is 0 Å². The van der Waals surface area contributed by atoms with Crippen LogP contribution < -0.4 is 10.1 Å². The molecule has 2 heterocycles. The van der Waals surface area contributed by atoms with Gasteiger partial charge in [0.1, 0.15) is 5.75 Å². The maximum Gasteiger partial charge on any atom is 0.122 e.